The zero-order chi connectivity index (χ0) is 19.6. The van der Waals surface area contributed by atoms with Crippen LogP contribution in [0.4, 0.5) is 0 Å². The van der Waals surface area contributed by atoms with Crippen molar-refractivity contribution in [2.45, 2.75) is 39.8 Å². The summed E-state index contributed by atoms with van der Waals surface area (Å²) in [5.41, 5.74) is 2.52. The quantitative estimate of drug-likeness (QED) is 0.567. The minimum Gasteiger partial charge on any atom is -0.321 e. The summed E-state index contributed by atoms with van der Waals surface area (Å²) in [6.07, 6.45) is 0. The Kier molecular flexibility index (Phi) is 6.05. The highest BCUT2D eigenvalue weighted by Crippen LogP contribution is 2.40. The minimum absolute atomic E-state index is 0.220. The van der Waals surface area contributed by atoms with Gasteiger partial charge in [-0.15, -0.1) is 0 Å². The Balaban J connectivity index is 2.21. The van der Waals surface area contributed by atoms with E-state index in [2.05, 4.69) is 101 Å². The normalized spacial score (nSPS) is 13.0. The van der Waals surface area contributed by atoms with E-state index in [9.17, 15) is 4.57 Å². The number of aryl methyl sites for hydroxylation is 2. The predicted octanol–water partition coefficient (Wildman–Crippen LogP) is 5.05. The first-order valence-corrected chi connectivity index (χ1v) is 12.1. The van der Waals surface area contributed by atoms with E-state index in [1.54, 1.807) is 0 Å². The minimum atomic E-state index is -1.92. The summed E-state index contributed by atoms with van der Waals surface area (Å²) < 4.78 is 13.4. The van der Waals surface area contributed by atoms with Crippen LogP contribution in [0.25, 0.3) is 0 Å². The van der Waals surface area contributed by atoms with Crippen molar-refractivity contribution in [1.82, 2.24) is 0 Å². The van der Waals surface area contributed by atoms with Crippen molar-refractivity contribution in [2.24, 2.45) is 0 Å². The Hall–Kier alpha value is -1.68. The first kappa shape index (κ1) is 20.1. The van der Waals surface area contributed by atoms with Gasteiger partial charge in [-0.05, 0) is 37.7 Å². The molecule has 1 nitrogen and oxygen atoms in total. The van der Waals surface area contributed by atoms with Gasteiger partial charge >= 0.3 is 0 Å². The van der Waals surface area contributed by atoms with E-state index in [4.69, 9.17) is 0 Å². The molecule has 0 aliphatic carbocycles. The van der Waals surface area contributed by atoms with Gasteiger partial charge in [-0.25, -0.2) is 0 Å². The summed E-state index contributed by atoms with van der Waals surface area (Å²) in [5, 5.41) is 4.63. The molecule has 27 heavy (non-hydrogen) atoms. The lowest BCUT2D eigenvalue weighted by Crippen LogP contribution is -2.31. The van der Waals surface area contributed by atoms with Crippen LogP contribution in [-0.2, 0) is 4.57 Å². The average molecular weight is 394 g/mol. The molecule has 0 radical (unpaired) electrons. The highest BCUT2D eigenvalue weighted by atomic mass is 31.1. The summed E-state index contributed by atoms with van der Waals surface area (Å²) in [4.78, 5) is 0. The largest absolute Gasteiger partial charge is 0.321 e. The van der Waals surface area contributed by atoms with Gasteiger partial charge in [0.15, 0.2) is 0 Å². The second-order valence-electron chi connectivity index (χ2n) is 8.10. The van der Waals surface area contributed by atoms with E-state index in [0.29, 0.717) is 0 Å². The van der Waals surface area contributed by atoms with Crippen LogP contribution in [0.1, 0.15) is 31.9 Å². The molecule has 1 atom stereocenters. The molecule has 140 valence electrons. The predicted molar refractivity (Wildman–Crippen MR) is 123 cm³/mol. The van der Waals surface area contributed by atoms with Gasteiger partial charge in [0.2, 0.25) is 0 Å². The molecular formula is C24H28OP2. The van der Waals surface area contributed by atoms with Crippen molar-refractivity contribution in [3.63, 3.8) is 0 Å². The topological polar surface area (TPSA) is 17.1 Å². The maximum Gasteiger partial charge on any atom is 0.109 e. The summed E-state index contributed by atoms with van der Waals surface area (Å²) >= 11 is 0. The summed E-state index contributed by atoms with van der Waals surface area (Å²) in [7, 11) is -2.67. The third-order valence-electron chi connectivity index (χ3n) is 4.66. The van der Waals surface area contributed by atoms with Crippen molar-refractivity contribution in [2.75, 3.05) is 0 Å². The fourth-order valence-electron chi connectivity index (χ4n) is 3.08. The number of hydrogen-bond acceptors (Lipinski definition) is 1. The number of benzene rings is 3. The van der Waals surface area contributed by atoms with Crippen LogP contribution in [-0.4, -0.2) is 5.16 Å². The third kappa shape index (κ3) is 4.60. The molecule has 0 heterocycles. The maximum absolute atomic E-state index is 13.4. The number of hydrogen-bond donors (Lipinski definition) is 0. The van der Waals surface area contributed by atoms with Crippen LogP contribution < -0.4 is 21.2 Å². The molecular weight excluding hydrogens is 366 g/mol. The fourth-order valence-corrected chi connectivity index (χ4v) is 7.39. The van der Waals surface area contributed by atoms with Gasteiger partial charge in [-0.2, -0.15) is 0 Å². The van der Waals surface area contributed by atoms with Crippen LogP contribution in [0.3, 0.4) is 0 Å². The summed E-state index contributed by atoms with van der Waals surface area (Å²) in [5.74, 6) is 0. The second kappa shape index (κ2) is 8.14. The lowest BCUT2D eigenvalue weighted by molar-refractivity contribution is 0.572. The highest BCUT2D eigenvalue weighted by Gasteiger charge is 2.27. The van der Waals surface area contributed by atoms with E-state index in [0.717, 1.165) is 5.30 Å². The van der Waals surface area contributed by atoms with Crippen molar-refractivity contribution in [3.8, 4) is 0 Å². The van der Waals surface area contributed by atoms with Gasteiger partial charge in [0, 0.05) is 10.5 Å². The van der Waals surface area contributed by atoms with E-state index in [1.165, 1.54) is 27.0 Å². The Morgan fingerprint density at radius 3 is 1.59 bits per heavy atom. The first-order chi connectivity index (χ1) is 12.8. The van der Waals surface area contributed by atoms with Crippen LogP contribution in [0.15, 0.2) is 72.8 Å². The van der Waals surface area contributed by atoms with Gasteiger partial charge in [0.25, 0.3) is 0 Å². The van der Waals surface area contributed by atoms with Crippen LogP contribution in [0.2, 0.25) is 0 Å². The molecule has 3 aromatic rings. The molecule has 0 N–H and O–H groups in total. The molecule has 3 aromatic carbocycles. The molecule has 0 aliphatic heterocycles. The van der Waals surface area contributed by atoms with Gasteiger partial charge in [-0.3, -0.25) is 0 Å². The molecule has 1 unspecified atom stereocenters. The number of rotatable bonds is 4. The molecule has 0 saturated carbocycles. The Morgan fingerprint density at radius 2 is 1.15 bits per heavy atom. The Labute approximate surface area is 165 Å². The monoisotopic (exact) mass is 394 g/mol. The van der Waals surface area contributed by atoms with Gasteiger partial charge < -0.3 is 4.57 Å². The van der Waals surface area contributed by atoms with Crippen molar-refractivity contribution >= 4 is 36.9 Å². The van der Waals surface area contributed by atoms with Crippen LogP contribution in [0, 0.1) is 13.8 Å². The van der Waals surface area contributed by atoms with E-state index in [1.807, 2.05) is 6.07 Å². The highest BCUT2D eigenvalue weighted by molar-refractivity contribution is 7.81. The van der Waals surface area contributed by atoms with Crippen molar-refractivity contribution in [1.29, 1.82) is 0 Å². The average Bonchev–Trinajstić information content (AvgIpc) is 2.64. The van der Waals surface area contributed by atoms with Gasteiger partial charge in [0.1, 0.15) is 7.80 Å². The van der Waals surface area contributed by atoms with Crippen molar-refractivity contribution in [3.05, 3.63) is 83.9 Å². The Morgan fingerprint density at radius 1 is 0.704 bits per heavy atom. The van der Waals surface area contributed by atoms with Gasteiger partial charge in [-0.1, -0.05) is 105 Å². The smallest absolute Gasteiger partial charge is 0.109 e. The zero-order valence-electron chi connectivity index (χ0n) is 16.8. The molecule has 0 aliphatic rings. The summed E-state index contributed by atoms with van der Waals surface area (Å²) in [6.45, 7) is 10.5. The molecule has 3 heteroatoms. The van der Waals surface area contributed by atoms with E-state index in [-0.39, 0.29) is 5.16 Å². The molecule has 0 fully saturated rings. The molecule has 3 rings (SSSR count). The Bertz CT molecular complexity index is 890. The first-order valence-electron chi connectivity index (χ1n) is 9.35. The lowest BCUT2D eigenvalue weighted by atomic mass is 10.2. The van der Waals surface area contributed by atoms with Gasteiger partial charge in [0.05, 0.1) is 0 Å². The van der Waals surface area contributed by atoms with E-state index < -0.39 is 15.7 Å². The molecule has 0 aromatic heterocycles. The second-order valence-corrected chi connectivity index (χ2v) is 13.0. The molecule has 0 spiro atoms. The van der Waals surface area contributed by atoms with Crippen LogP contribution >= 0.6 is 15.7 Å². The fraction of sp³-hybridized carbons (Fsp3) is 0.250. The zero-order valence-corrected chi connectivity index (χ0v) is 18.7. The SMILES string of the molecule is Cc1ccc(P(c2ccc(C)cc2)c2ccccc2[PH](=O)C(C)(C)C)cc1. The summed E-state index contributed by atoms with van der Waals surface area (Å²) in [6, 6.07) is 26.0. The molecule has 0 bridgehead atoms. The van der Waals surface area contributed by atoms with Crippen LogP contribution in [0.5, 0.6) is 0 Å². The molecule has 0 saturated heterocycles. The standard InChI is InChI=1S/C24H28OP2/c1-18-10-14-20(15-11-18)26(21-16-12-19(2)13-17-21)22-8-6-7-9-23(22)27(25)24(3,4)5/h6-17,27H,1-5H3. The molecule has 0 amide bonds. The van der Waals surface area contributed by atoms with Crippen molar-refractivity contribution < 1.29 is 4.57 Å². The lowest BCUT2D eigenvalue weighted by Gasteiger charge is -2.26. The maximum atomic E-state index is 13.4. The van der Waals surface area contributed by atoms with E-state index >= 15 is 0 Å². The third-order valence-corrected chi connectivity index (χ3v) is 9.65.